The third-order valence-corrected chi connectivity index (χ3v) is 4.19. The van der Waals surface area contributed by atoms with Gasteiger partial charge in [0.05, 0.1) is 29.1 Å². The molecule has 126 valence electrons. The zero-order chi connectivity index (χ0) is 17.2. The van der Waals surface area contributed by atoms with Crippen LogP contribution < -0.4 is 5.32 Å². The number of H-pyrrole nitrogens is 1. The van der Waals surface area contributed by atoms with Crippen LogP contribution in [0, 0.1) is 5.82 Å². The van der Waals surface area contributed by atoms with Gasteiger partial charge in [-0.1, -0.05) is 23.7 Å². The summed E-state index contributed by atoms with van der Waals surface area (Å²) in [5, 5.41) is 3.37. The van der Waals surface area contributed by atoms with Crippen molar-refractivity contribution in [1.29, 1.82) is 0 Å². The summed E-state index contributed by atoms with van der Waals surface area (Å²) in [6.07, 6.45) is 0. The Labute approximate surface area is 148 Å². The van der Waals surface area contributed by atoms with Crippen LogP contribution in [0.25, 0.3) is 22.4 Å². The van der Waals surface area contributed by atoms with Crippen LogP contribution in [0.5, 0.6) is 0 Å². The standard InChI is InChI=1S/C19H15ClFN3O/c20-14-9-12(5-7-15(14)21)18-8-6-13(25-18)10-22-11-19-23-16-3-1-2-4-17(16)24-19/h1-9,22H,10-11H2,(H,23,24). The summed E-state index contributed by atoms with van der Waals surface area (Å²) in [5.41, 5.74) is 2.72. The van der Waals surface area contributed by atoms with E-state index in [1.54, 1.807) is 12.1 Å². The van der Waals surface area contributed by atoms with E-state index in [9.17, 15) is 4.39 Å². The maximum absolute atomic E-state index is 13.2. The lowest BCUT2D eigenvalue weighted by Crippen LogP contribution is -2.13. The molecular weight excluding hydrogens is 341 g/mol. The molecule has 0 radical (unpaired) electrons. The van der Waals surface area contributed by atoms with Gasteiger partial charge in [0.15, 0.2) is 0 Å². The molecule has 2 aromatic heterocycles. The predicted molar refractivity (Wildman–Crippen MR) is 95.7 cm³/mol. The highest BCUT2D eigenvalue weighted by molar-refractivity contribution is 6.31. The van der Waals surface area contributed by atoms with Crippen molar-refractivity contribution in [2.24, 2.45) is 0 Å². The third-order valence-electron chi connectivity index (χ3n) is 3.90. The number of aromatic amines is 1. The van der Waals surface area contributed by atoms with E-state index in [1.807, 2.05) is 36.4 Å². The van der Waals surface area contributed by atoms with Crippen molar-refractivity contribution in [2.45, 2.75) is 13.1 Å². The van der Waals surface area contributed by atoms with E-state index >= 15 is 0 Å². The predicted octanol–water partition coefficient (Wildman–Crippen LogP) is 4.91. The van der Waals surface area contributed by atoms with Gasteiger partial charge in [-0.3, -0.25) is 0 Å². The minimum atomic E-state index is -0.440. The number of fused-ring (bicyclic) bond motifs is 1. The molecule has 2 aromatic carbocycles. The quantitative estimate of drug-likeness (QED) is 0.535. The number of hydrogen-bond acceptors (Lipinski definition) is 3. The first-order chi connectivity index (χ1) is 12.2. The van der Waals surface area contributed by atoms with Crippen LogP contribution in [0.4, 0.5) is 4.39 Å². The van der Waals surface area contributed by atoms with E-state index in [-0.39, 0.29) is 5.02 Å². The molecule has 4 aromatic rings. The second-order valence-corrected chi connectivity index (χ2v) is 6.11. The molecule has 0 aliphatic rings. The smallest absolute Gasteiger partial charge is 0.141 e. The average Bonchev–Trinajstić information content (AvgIpc) is 3.24. The molecule has 0 unspecified atom stereocenters. The van der Waals surface area contributed by atoms with Crippen molar-refractivity contribution in [2.75, 3.05) is 0 Å². The summed E-state index contributed by atoms with van der Waals surface area (Å²) in [7, 11) is 0. The molecule has 0 aliphatic heterocycles. The number of furan rings is 1. The van der Waals surface area contributed by atoms with E-state index in [0.717, 1.165) is 28.2 Å². The number of hydrogen-bond donors (Lipinski definition) is 2. The number of rotatable bonds is 5. The van der Waals surface area contributed by atoms with E-state index in [1.165, 1.54) is 6.07 Å². The molecule has 4 rings (SSSR count). The number of aromatic nitrogens is 2. The number of imidazole rings is 1. The van der Waals surface area contributed by atoms with Gasteiger partial charge in [-0.2, -0.15) is 0 Å². The molecule has 0 saturated heterocycles. The molecule has 6 heteroatoms. The van der Waals surface area contributed by atoms with E-state index in [2.05, 4.69) is 15.3 Å². The second kappa shape index (κ2) is 6.70. The molecule has 0 amide bonds. The lowest BCUT2D eigenvalue weighted by Gasteiger charge is -2.01. The van der Waals surface area contributed by atoms with Gasteiger partial charge in [0.2, 0.25) is 0 Å². The van der Waals surface area contributed by atoms with Crippen molar-refractivity contribution >= 4 is 22.6 Å². The normalized spacial score (nSPS) is 11.3. The lowest BCUT2D eigenvalue weighted by molar-refractivity contribution is 0.491. The fourth-order valence-corrected chi connectivity index (χ4v) is 2.85. The summed E-state index contributed by atoms with van der Waals surface area (Å²) in [5.74, 6) is 1.87. The fraction of sp³-hybridized carbons (Fsp3) is 0.105. The molecule has 0 bridgehead atoms. The Bertz CT molecular complexity index is 991. The van der Waals surface area contributed by atoms with E-state index in [0.29, 0.717) is 18.8 Å². The Morgan fingerprint density at radius 1 is 1.08 bits per heavy atom. The molecule has 4 nitrogen and oxygen atoms in total. The third kappa shape index (κ3) is 3.43. The number of nitrogens with one attached hydrogen (secondary N) is 2. The monoisotopic (exact) mass is 355 g/mol. The number of benzene rings is 2. The fourth-order valence-electron chi connectivity index (χ4n) is 2.67. The van der Waals surface area contributed by atoms with Crippen molar-refractivity contribution in [3.63, 3.8) is 0 Å². The summed E-state index contributed by atoms with van der Waals surface area (Å²) in [4.78, 5) is 7.79. The zero-order valence-corrected chi connectivity index (χ0v) is 14.0. The van der Waals surface area contributed by atoms with Gasteiger partial charge in [0.1, 0.15) is 23.2 Å². The average molecular weight is 356 g/mol. The minimum Gasteiger partial charge on any atom is -0.460 e. The highest BCUT2D eigenvalue weighted by Gasteiger charge is 2.08. The van der Waals surface area contributed by atoms with Crippen molar-refractivity contribution in [1.82, 2.24) is 15.3 Å². The van der Waals surface area contributed by atoms with Crippen molar-refractivity contribution < 1.29 is 8.81 Å². The maximum Gasteiger partial charge on any atom is 0.141 e. The first-order valence-electron chi connectivity index (χ1n) is 7.87. The second-order valence-electron chi connectivity index (χ2n) is 5.70. The Kier molecular flexibility index (Phi) is 4.26. The van der Waals surface area contributed by atoms with Crippen molar-refractivity contribution in [3.8, 4) is 11.3 Å². The van der Waals surface area contributed by atoms with Crippen LogP contribution >= 0.6 is 11.6 Å². The molecule has 0 spiro atoms. The van der Waals surface area contributed by atoms with Crippen LogP contribution in [0.1, 0.15) is 11.6 Å². The zero-order valence-electron chi connectivity index (χ0n) is 13.2. The molecule has 0 fully saturated rings. The summed E-state index contributed by atoms with van der Waals surface area (Å²) < 4.78 is 19.0. The van der Waals surface area contributed by atoms with Gasteiger partial charge in [0, 0.05) is 5.56 Å². The van der Waals surface area contributed by atoms with Gasteiger partial charge in [0.25, 0.3) is 0 Å². The number of para-hydroxylation sites is 2. The molecule has 0 saturated carbocycles. The topological polar surface area (TPSA) is 53.9 Å². The molecule has 0 aliphatic carbocycles. The van der Waals surface area contributed by atoms with Crippen molar-refractivity contribution in [3.05, 3.63) is 77.0 Å². The van der Waals surface area contributed by atoms with Crippen LogP contribution in [0.2, 0.25) is 5.02 Å². The molecule has 25 heavy (non-hydrogen) atoms. The summed E-state index contributed by atoms with van der Waals surface area (Å²) in [6, 6.07) is 16.2. The largest absolute Gasteiger partial charge is 0.460 e. The molecule has 2 N–H and O–H groups in total. The van der Waals surface area contributed by atoms with Gasteiger partial charge in [-0.15, -0.1) is 0 Å². The first kappa shape index (κ1) is 15.9. The van der Waals surface area contributed by atoms with Gasteiger partial charge in [-0.25, -0.2) is 9.37 Å². The number of nitrogens with zero attached hydrogens (tertiary/aromatic N) is 1. The maximum atomic E-state index is 13.2. The summed E-state index contributed by atoms with van der Waals surface area (Å²) >= 11 is 5.82. The van der Waals surface area contributed by atoms with Crippen LogP contribution in [-0.2, 0) is 13.1 Å². The number of halogens is 2. The van der Waals surface area contributed by atoms with Gasteiger partial charge >= 0.3 is 0 Å². The van der Waals surface area contributed by atoms with Crippen LogP contribution in [0.15, 0.2) is 59.0 Å². The Hall–Kier alpha value is -2.63. The summed E-state index contributed by atoms with van der Waals surface area (Å²) in [6.45, 7) is 1.17. The Morgan fingerprint density at radius 2 is 1.96 bits per heavy atom. The van der Waals surface area contributed by atoms with Gasteiger partial charge in [-0.05, 0) is 42.5 Å². The van der Waals surface area contributed by atoms with E-state index < -0.39 is 5.82 Å². The lowest BCUT2D eigenvalue weighted by atomic mass is 10.2. The van der Waals surface area contributed by atoms with Gasteiger partial charge < -0.3 is 14.7 Å². The highest BCUT2D eigenvalue weighted by Crippen LogP contribution is 2.26. The molecular formula is C19H15ClFN3O. The van der Waals surface area contributed by atoms with Crippen LogP contribution in [-0.4, -0.2) is 9.97 Å². The van der Waals surface area contributed by atoms with E-state index in [4.69, 9.17) is 16.0 Å². The molecule has 2 heterocycles. The van der Waals surface area contributed by atoms with Crippen LogP contribution in [0.3, 0.4) is 0 Å². The Morgan fingerprint density at radius 3 is 2.80 bits per heavy atom. The molecule has 0 atom stereocenters. The highest BCUT2D eigenvalue weighted by atomic mass is 35.5. The SMILES string of the molecule is Fc1ccc(-c2ccc(CNCc3nc4ccccc4[nH]3)o2)cc1Cl. The minimum absolute atomic E-state index is 0.0819. The Balaban J connectivity index is 1.40. The first-order valence-corrected chi connectivity index (χ1v) is 8.25.